The quantitative estimate of drug-likeness (QED) is 0.347. The Labute approximate surface area is 215 Å². The summed E-state index contributed by atoms with van der Waals surface area (Å²) >= 11 is 1.92. The Bertz CT molecular complexity index is 884. The molecule has 1 aromatic carbocycles. The standard InChI is InChI=1S/C32H49NS/c1-9-11-27-20-30(31(10-2)34-24(5)6)22-32(21-27)14-16-33(17-15-32)26(8)29-13-12-28(18-23(3)4)25(7)19-29/h10,12-13,19,23,27,30H,5,8-9,11,14-18,20-22H2,1-4,6-7H3/b31-10-. The number of benzene rings is 1. The summed E-state index contributed by atoms with van der Waals surface area (Å²) in [6.07, 6.45) is 13.0. The van der Waals surface area contributed by atoms with E-state index < -0.39 is 0 Å². The maximum absolute atomic E-state index is 4.55. The maximum Gasteiger partial charge on any atom is 0.0366 e. The van der Waals surface area contributed by atoms with E-state index in [0.29, 0.717) is 17.3 Å². The third-order valence-electron chi connectivity index (χ3n) is 8.20. The van der Waals surface area contributed by atoms with Gasteiger partial charge in [-0.15, -0.1) is 0 Å². The first-order chi connectivity index (χ1) is 16.2. The summed E-state index contributed by atoms with van der Waals surface area (Å²) in [6.45, 7) is 24.6. The van der Waals surface area contributed by atoms with E-state index in [1.807, 2.05) is 11.8 Å². The van der Waals surface area contributed by atoms with Crippen molar-refractivity contribution in [3.05, 3.63) is 63.9 Å². The SMILES string of the molecule is C=C(C)S/C(=C\C)C1CC(CCC)CC2(CCN(C(=C)c3ccc(CC(C)C)c(C)c3)CC2)C1. The highest BCUT2D eigenvalue weighted by Crippen LogP contribution is 2.54. The van der Waals surface area contributed by atoms with Crippen molar-refractivity contribution in [2.24, 2.45) is 23.2 Å². The van der Waals surface area contributed by atoms with Gasteiger partial charge in [0.1, 0.15) is 0 Å². The molecular weight excluding hydrogens is 430 g/mol. The van der Waals surface area contributed by atoms with Crippen LogP contribution < -0.4 is 0 Å². The Hall–Kier alpha value is -1.41. The smallest absolute Gasteiger partial charge is 0.0366 e. The average Bonchev–Trinajstić information content (AvgIpc) is 2.78. The fourth-order valence-corrected chi connectivity index (χ4v) is 7.46. The molecule has 1 aliphatic heterocycles. The fraction of sp³-hybridized carbons (Fsp3) is 0.625. The van der Waals surface area contributed by atoms with Gasteiger partial charge in [0.15, 0.2) is 0 Å². The van der Waals surface area contributed by atoms with Crippen LogP contribution >= 0.6 is 11.8 Å². The van der Waals surface area contributed by atoms with Crippen LogP contribution in [0, 0.1) is 30.1 Å². The van der Waals surface area contributed by atoms with Crippen LogP contribution in [0.15, 0.2) is 47.2 Å². The zero-order chi connectivity index (χ0) is 24.9. The first kappa shape index (κ1) is 27.2. The van der Waals surface area contributed by atoms with E-state index in [2.05, 4.69) is 83.9 Å². The van der Waals surface area contributed by atoms with Crippen LogP contribution in [0.1, 0.15) is 96.3 Å². The average molecular weight is 480 g/mol. The van der Waals surface area contributed by atoms with E-state index in [0.717, 1.165) is 25.4 Å². The van der Waals surface area contributed by atoms with Gasteiger partial charge >= 0.3 is 0 Å². The minimum Gasteiger partial charge on any atom is -0.371 e. The lowest BCUT2D eigenvalue weighted by atomic mass is 9.60. The van der Waals surface area contributed by atoms with Gasteiger partial charge in [-0.3, -0.25) is 0 Å². The second-order valence-corrected chi connectivity index (χ2v) is 13.0. The molecule has 1 nitrogen and oxygen atoms in total. The Morgan fingerprint density at radius 3 is 2.47 bits per heavy atom. The first-order valence-electron chi connectivity index (χ1n) is 13.7. The fourth-order valence-electron chi connectivity index (χ4n) is 6.60. The Kier molecular flexibility index (Phi) is 9.61. The van der Waals surface area contributed by atoms with Gasteiger partial charge in [0.25, 0.3) is 0 Å². The van der Waals surface area contributed by atoms with Crippen LogP contribution in [0.4, 0.5) is 0 Å². The highest BCUT2D eigenvalue weighted by atomic mass is 32.2. The van der Waals surface area contributed by atoms with Crippen LogP contribution in [-0.4, -0.2) is 18.0 Å². The molecule has 0 amide bonds. The number of nitrogens with zero attached hydrogens (tertiary/aromatic N) is 1. The predicted octanol–water partition coefficient (Wildman–Crippen LogP) is 9.63. The molecule has 1 saturated heterocycles. The van der Waals surface area contributed by atoms with Crippen LogP contribution in [0.3, 0.4) is 0 Å². The molecule has 2 heteroatoms. The number of hydrogen-bond donors (Lipinski definition) is 0. The minimum atomic E-state index is 0.500. The second kappa shape index (κ2) is 12.0. The van der Waals surface area contributed by atoms with Crippen molar-refractivity contribution in [2.45, 2.75) is 92.9 Å². The van der Waals surface area contributed by atoms with Gasteiger partial charge in [0.05, 0.1) is 0 Å². The molecule has 34 heavy (non-hydrogen) atoms. The van der Waals surface area contributed by atoms with Crippen molar-refractivity contribution >= 4 is 17.5 Å². The molecule has 1 aromatic rings. The van der Waals surface area contributed by atoms with Crippen molar-refractivity contribution in [3.63, 3.8) is 0 Å². The molecule has 1 saturated carbocycles. The molecule has 3 rings (SSSR count). The van der Waals surface area contributed by atoms with Crippen LogP contribution in [0.2, 0.25) is 0 Å². The summed E-state index contributed by atoms with van der Waals surface area (Å²) in [5.41, 5.74) is 5.92. The third kappa shape index (κ3) is 6.84. The van der Waals surface area contributed by atoms with Gasteiger partial charge in [-0.25, -0.2) is 0 Å². The summed E-state index contributed by atoms with van der Waals surface area (Å²) in [6, 6.07) is 7.00. The van der Waals surface area contributed by atoms with E-state index in [-0.39, 0.29) is 0 Å². The van der Waals surface area contributed by atoms with Gasteiger partial charge in [0.2, 0.25) is 0 Å². The zero-order valence-electron chi connectivity index (χ0n) is 22.9. The van der Waals surface area contributed by atoms with Crippen molar-refractivity contribution in [1.82, 2.24) is 4.90 Å². The van der Waals surface area contributed by atoms with Gasteiger partial charge in [-0.2, -0.15) is 0 Å². The lowest BCUT2D eigenvalue weighted by Crippen LogP contribution is -2.43. The molecule has 188 valence electrons. The maximum atomic E-state index is 4.55. The zero-order valence-corrected chi connectivity index (χ0v) is 23.7. The summed E-state index contributed by atoms with van der Waals surface area (Å²) in [7, 11) is 0. The lowest BCUT2D eigenvalue weighted by Gasteiger charge is -2.50. The van der Waals surface area contributed by atoms with E-state index in [1.165, 1.54) is 72.2 Å². The Morgan fingerprint density at radius 2 is 1.91 bits per heavy atom. The molecule has 0 radical (unpaired) electrons. The predicted molar refractivity (Wildman–Crippen MR) is 154 cm³/mol. The first-order valence-corrected chi connectivity index (χ1v) is 14.5. The molecule has 1 spiro atoms. The molecule has 0 N–H and O–H groups in total. The largest absolute Gasteiger partial charge is 0.371 e. The van der Waals surface area contributed by atoms with Gasteiger partial charge in [-0.05, 0) is 115 Å². The van der Waals surface area contributed by atoms with Gasteiger partial charge < -0.3 is 4.90 Å². The van der Waals surface area contributed by atoms with E-state index in [4.69, 9.17) is 0 Å². The normalized spacial score (nSPS) is 22.9. The van der Waals surface area contributed by atoms with E-state index in [1.54, 1.807) is 4.91 Å². The number of rotatable bonds is 9. The molecule has 1 heterocycles. The topological polar surface area (TPSA) is 3.24 Å². The van der Waals surface area contributed by atoms with Crippen molar-refractivity contribution < 1.29 is 0 Å². The molecule has 2 aliphatic rings. The third-order valence-corrected chi connectivity index (χ3v) is 9.36. The number of thioether (sulfide) groups is 1. The molecule has 2 atom stereocenters. The summed E-state index contributed by atoms with van der Waals surface area (Å²) in [4.78, 5) is 5.36. The summed E-state index contributed by atoms with van der Waals surface area (Å²) in [5.74, 6) is 2.27. The number of hydrogen-bond acceptors (Lipinski definition) is 2. The van der Waals surface area contributed by atoms with Crippen molar-refractivity contribution in [1.29, 1.82) is 0 Å². The van der Waals surface area contributed by atoms with E-state index >= 15 is 0 Å². The van der Waals surface area contributed by atoms with Crippen LogP contribution in [0.25, 0.3) is 5.70 Å². The van der Waals surface area contributed by atoms with Crippen LogP contribution in [-0.2, 0) is 6.42 Å². The van der Waals surface area contributed by atoms with Crippen molar-refractivity contribution in [3.8, 4) is 0 Å². The second-order valence-electron chi connectivity index (χ2n) is 11.7. The molecule has 2 fully saturated rings. The van der Waals surface area contributed by atoms with Crippen LogP contribution in [0.5, 0.6) is 0 Å². The lowest BCUT2D eigenvalue weighted by molar-refractivity contribution is 0.0431. The van der Waals surface area contributed by atoms with Gasteiger partial charge in [0, 0.05) is 18.8 Å². The summed E-state index contributed by atoms with van der Waals surface area (Å²) < 4.78 is 0. The number of likely N-dealkylation sites (tertiary alicyclic amines) is 1. The highest BCUT2D eigenvalue weighted by Gasteiger charge is 2.43. The van der Waals surface area contributed by atoms with E-state index in [9.17, 15) is 0 Å². The monoisotopic (exact) mass is 479 g/mol. The number of allylic oxidation sites excluding steroid dienone is 3. The number of aryl methyl sites for hydroxylation is 1. The molecule has 0 bridgehead atoms. The Morgan fingerprint density at radius 1 is 1.21 bits per heavy atom. The minimum absolute atomic E-state index is 0.500. The summed E-state index contributed by atoms with van der Waals surface area (Å²) in [5, 5.41) is 0. The molecule has 1 aliphatic carbocycles. The molecular formula is C32H49NS. The van der Waals surface area contributed by atoms with Gasteiger partial charge in [-0.1, -0.05) is 76.7 Å². The molecule has 2 unspecified atom stereocenters. The molecule has 0 aromatic heterocycles. The Balaban J connectivity index is 1.70. The van der Waals surface area contributed by atoms with Crippen molar-refractivity contribution in [2.75, 3.05) is 13.1 Å². The highest BCUT2D eigenvalue weighted by molar-refractivity contribution is 8.06. The number of piperidine rings is 1.